The minimum Gasteiger partial charge on any atom is -0.466 e. The first-order chi connectivity index (χ1) is 6.61. The zero-order valence-corrected chi connectivity index (χ0v) is 8.45. The lowest BCUT2D eigenvalue weighted by Gasteiger charge is -2.14. The lowest BCUT2D eigenvalue weighted by atomic mass is 10.3. The van der Waals surface area contributed by atoms with Gasteiger partial charge in [-0.3, -0.25) is 9.59 Å². The van der Waals surface area contributed by atoms with Crippen LogP contribution in [0.2, 0.25) is 0 Å². The first-order valence-corrected chi connectivity index (χ1v) is 4.38. The quantitative estimate of drug-likeness (QED) is 0.596. The van der Waals surface area contributed by atoms with E-state index in [0.29, 0.717) is 13.2 Å². The molecule has 0 heterocycles. The van der Waals surface area contributed by atoms with Gasteiger partial charge < -0.3 is 9.64 Å². The Kier molecular flexibility index (Phi) is 6.12. The average Bonchev–Trinajstić information content (AvgIpc) is 2.15. The number of hydrogen-bond acceptors (Lipinski definition) is 4. The number of hydrogen-bond donors (Lipinski definition) is 0. The second kappa shape index (κ2) is 6.89. The zero-order valence-electron chi connectivity index (χ0n) is 8.45. The molecular weight excluding hydrogens is 184 g/mol. The van der Waals surface area contributed by atoms with Gasteiger partial charge in [0.15, 0.2) is 0 Å². The first kappa shape index (κ1) is 12.4. The van der Waals surface area contributed by atoms with E-state index in [1.807, 2.05) is 0 Å². The van der Waals surface area contributed by atoms with Crippen molar-refractivity contribution in [2.45, 2.75) is 19.8 Å². The number of nitrogens with zero attached hydrogens (tertiary/aromatic N) is 2. The van der Waals surface area contributed by atoms with Gasteiger partial charge in [-0.15, -0.1) is 0 Å². The van der Waals surface area contributed by atoms with Gasteiger partial charge in [-0.2, -0.15) is 5.26 Å². The van der Waals surface area contributed by atoms with Crippen molar-refractivity contribution in [1.29, 1.82) is 5.26 Å². The molecule has 0 rings (SSSR count). The second-order valence-corrected chi connectivity index (χ2v) is 2.71. The summed E-state index contributed by atoms with van der Waals surface area (Å²) in [5.41, 5.74) is 0. The summed E-state index contributed by atoms with van der Waals surface area (Å²) in [6.45, 7) is 2.36. The summed E-state index contributed by atoms with van der Waals surface area (Å²) in [6, 6.07) is 1.75. The molecule has 0 atom stereocenters. The molecule has 5 nitrogen and oxygen atoms in total. The molecule has 0 fully saturated rings. The van der Waals surface area contributed by atoms with Crippen LogP contribution >= 0.6 is 0 Å². The summed E-state index contributed by atoms with van der Waals surface area (Å²) in [5.74, 6) is -0.610. The average molecular weight is 198 g/mol. The van der Waals surface area contributed by atoms with Crippen molar-refractivity contribution in [3.8, 4) is 6.07 Å². The molecule has 78 valence electrons. The molecule has 0 aromatic carbocycles. The third kappa shape index (κ3) is 5.14. The SMILES string of the molecule is CCOC(=O)CCN(C)C(=O)CC#N. The normalized spacial score (nSPS) is 8.93. The van der Waals surface area contributed by atoms with Crippen molar-refractivity contribution in [2.75, 3.05) is 20.2 Å². The molecule has 0 N–H and O–H groups in total. The van der Waals surface area contributed by atoms with Crippen molar-refractivity contribution >= 4 is 11.9 Å². The molecule has 0 aliphatic carbocycles. The van der Waals surface area contributed by atoms with Crippen LogP contribution < -0.4 is 0 Å². The molecule has 0 saturated carbocycles. The van der Waals surface area contributed by atoms with Crippen molar-refractivity contribution < 1.29 is 14.3 Å². The van der Waals surface area contributed by atoms with Gasteiger partial charge in [-0.05, 0) is 6.92 Å². The van der Waals surface area contributed by atoms with Gasteiger partial charge in [0.1, 0.15) is 6.42 Å². The minimum atomic E-state index is -0.330. The Labute approximate surface area is 83.2 Å². The second-order valence-electron chi connectivity index (χ2n) is 2.71. The smallest absolute Gasteiger partial charge is 0.307 e. The van der Waals surface area contributed by atoms with Crippen molar-refractivity contribution in [1.82, 2.24) is 4.90 Å². The van der Waals surface area contributed by atoms with E-state index in [4.69, 9.17) is 10.00 Å². The molecule has 0 saturated heterocycles. The molecule has 1 amide bonds. The molecule has 14 heavy (non-hydrogen) atoms. The molecule has 0 aromatic rings. The highest BCUT2D eigenvalue weighted by Crippen LogP contribution is 1.94. The van der Waals surface area contributed by atoms with Crippen LogP contribution in [0.1, 0.15) is 19.8 Å². The summed E-state index contributed by atoms with van der Waals surface area (Å²) in [7, 11) is 1.55. The molecule has 5 heteroatoms. The highest BCUT2D eigenvalue weighted by molar-refractivity contribution is 5.78. The topological polar surface area (TPSA) is 70.4 Å². The Hall–Kier alpha value is -1.57. The van der Waals surface area contributed by atoms with E-state index in [0.717, 1.165) is 0 Å². The van der Waals surface area contributed by atoms with Gasteiger partial charge in [0.05, 0.1) is 19.1 Å². The summed E-state index contributed by atoms with van der Waals surface area (Å²) in [4.78, 5) is 23.3. The van der Waals surface area contributed by atoms with Crippen LogP contribution in [0.3, 0.4) is 0 Å². The summed E-state index contributed by atoms with van der Waals surface area (Å²) in [5, 5.41) is 8.26. The van der Waals surface area contributed by atoms with Gasteiger partial charge in [-0.1, -0.05) is 0 Å². The number of nitriles is 1. The maximum absolute atomic E-state index is 11.1. The monoisotopic (exact) mass is 198 g/mol. The highest BCUT2D eigenvalue weighted by Gasteiger charge is 2.10. The van der Waals surface area contributed by atoms with E-state index in [2.05, 4.69) is 0 Å². The molecule has 0 unspecified atom stereocenters. The Bertz CT molecular complexity index is 245. The van der Waals surface area contributed by atoms with Crippen LogP contribution in [0.5, 0.6) is 0 Å². The lowest BCUT2D eigenvalue weighted by Crippen LogP contribution is -2.28. The van der Waals surface area contributed by atoms with E-state index >= 15 is 0 Å². The fraction of sp³-hybridized carbons (Fsp3) is 0.667. The van der Waals surface area contributed by atoms with Gasteiger partial charge >= 0.3 is 5.97 Å². The highest BCUT2D eigenvalue weighted by atomic mass is 16.5. The Morgan fingerprint density at radius 2 is 2.14 bits per heavy atom. The predicted octanol–water partition coefficient (Wildman–Crippen LogP) is 0.312. The lowest BCUT2D eigenvalue weighted by molar-refractivity contribution is -0.143. The van der Waals surface area contributed by atoms with Crippen LogP contribution in [-0.2, 0) is 14.3 Å². The number of rotatable bonds is 5. The summed E-state index contributed by atoms with van der Waals surface area (Å²) < 4.78 is 4.69. The van der Waals surface area contributed by atoms with E-state index in [-0.39, 0.29) is 24.7 Å². The summed E-state index contributed by atoms with van der Waals surface area (Å²) >= 11 is 0. The van der Waals surface area contributed by atoms with Crippen LogP contribution in [-0.4, -0.2) is 37.0 Å². The third-order valence-corrected chi connectivity index (χ3v) is 1.61. The molecule has 0 radical (unpaired) electrons. The number of amides is 1. The van der Waals surface area contributed by atoms with E-state index in [9.17, 15) is 9.59 Å². The Balaban J connectivity index is 3.74. The van der Waals surface area contributed by atoms with Crippen molar-refractivity contribution in [3.63, 3.8) is 0 Å². The molecule has 0 aliphatic heterocycles. The molecule has 0 bridgehead atoms. The Morgan fingerprint density at radius 1 is 1.50 bits per heavy atom. The standard InChI is InChI=1S/C9H14N2O3/c1-3-14-9(13)5-7-11(2)8(12)4-6-10/h3-5,7H2,1-2H3. The van der Waals surface area contributed by atoms with Gasteiger partial charge in [0, 0.05) is 13.6 Å². The molecular formula is C9H14N2O3. The van der Waals surface area contributed by atoms with Gasteiger partial charge in [0.2, 0.25) is 5.91 Å². The fourth-order valence-corrected chi connectivity index (χ4v) is 0.819. The molecule has 0 spiro atoms. The fourth-order valence-electron chi connectivity index (χ4n) is 0.819. The number of carbonyl (C=O) groups excluding carboxylic acids is 2. The third-order valence-electron chi connectivity index (χ3n) is 1.61. The molecule has 0 aromatic heterocycles. The van der Waals surface area contributed by atoms with Crippen LogP contribution in [0.4, 0.5) is 0 Å². The maximum atomic E-state index is 11.1. The number of carbonyl (C=O) groups is 2. The molecule has 0 aliphatic rings. The number of esters is 1. The van der Waals surface area contributed by atoms with Crippen molar-refractivity contribution in [3.05, 3.63) is 0 Å². The zero-order chi connectivity index (χ0) is 11.0. The van der Waals surface area contributed by atoms with Crippen molar-refractivity contribution in [2.24, 2.45) is 0 Å². The van der Waals surface area contributed by atoms with E-state index in [1.165, 1.54) is 4.90 Å². The first-order valence-electron chi connectivity index (χ1n) is 4.38. The van der Waals surface area contributed by atoms with Crippen LogP contribution in [0.25, 0.3) is 0 Å². The van der Waals surface area contributed by atoms with Crippen LogP contribution in [0, 0.1) is 11.3 Å². The Morgan fingerprint density at radius 3 is 2.64 bits per heavy atom. The van der Waals surface area contributed by atoms with Gasteiger partial charge in [-0.25, -0.2) is 0 Å². The maximum Gasteiger partial charge on any atom is 0.307 e. The van der Waals surface area contributed by atoms with Crippen LogP contribution in [0.15, 0.2) is 0 Å². The summed E-state index contributed by atoms with van der Waals surface area (Å²) in [6.07, 6.45) is 0.0147. The van der Waals surface area contributed by atoms with E-state index < -0.39 is 0 Å². The number of ether oxygens (including phenoxy) is 1. The van der Waals surface area contributed by atoms with E-state index in [1.54, 1.807) is 20.0 Å². The predicted molar refractivity (Wildman–Crippen MR) is 49.1 cm³/mol. The minimum absolute atomic E-state index is 0.153. The largest absolute Gasteiger partial charge is 0.466 e. The van der Waals surface area contributed by atoms with Gasteiger partial charge in [0.25, 0.3) is 0 Å².